The lowest BCUT2D eigenvalue weighted by molar-refractivity contribution is 0.102. The van der Waals surface area contributed by atoms with E-state index in [0.717, 1.165) is 0 Å². The van der Waals surface area contributed by atoms with Crippen molar-refractivity contribution < 1.29 is 4.79 Å². The van der Waals surface area contributed by atoms with Gasteiger partial charge in [-0.05, 0) is 17.6 Å². The van der Waals surface area contributed by atoms with E-state index in [-0.39, 0.29) is 5.78 Å². The minimum atomic E-state index is 0.0949. The SMILES string of the molecule is O=C(CBr)c1ccns1. The van der Waals surface area contributed by atoms with Crippen molar-refractivity contribution in [1.29, 1.82) is 0 Å². The minimum absolute atomic E-state index is 0.0949. The van der Waals surface area contributed by atoms with Gasteiger partial charge in [-0.3, -0.25) is 4.79 Å². The van der Waals surface area contributed by atoms with Crippen molar-refractivity contribution in [2.75, 3.05) is 5.33 Å². The fraction of sp³-hybridized carbons (Fsp3) is 0.200. The molecule has 0 aromatic carbocycles. The second kappa shape index (κ2) is 3.08. The molecule has 1 heterocycles. The van der Waals surface area contributed by atoms with Crippen LogP contribution < -0.4 is 0 Å². The number of carbonyl (C=O) groups is 1. The summed E-state index contributed by atoms with van der Waals surface area (Å²) in [5.41, 5.74) is 0. The maximum Gasteiger partial charge on any atom is 0.184 e. The summed E-state index contributed by atoms with van der Waals surface area (Å²) in [5, 5.41) is 0.384. The van der Waals surface area contributed by atoms with Crippen molar-refractivity contribution in [3.8, 4) is 0 Å². The van der Waals surface area contributed by atoms with Gasteiger partial charge in [0.15, 0.2) is 5.78 Å². The molecule has 0 amide bonds. The predicted molar refractivity (Wildman–Crippen MR) is 40.2 cm³/mol. The molecule has 0 atom stereocenters. The van der Waals surface area contributed by atoms with Crippen LogP contribution in [-0.4, -0.2) is 15.5 Å². The molecule has 48 valence electrons. The van der Waals surface area contributed by atoms with Crippen LogP contribution in [0.1, 0.15) is 9.67 Å². The Morgan fingerprint density at radius 3 is 3.11 bits per heavy atom. The Hall–Kier alpha value is -0.220. The van der Waals surface area contributed by atoms with Crippen molar-refractivity contribution in [3.05, 3.63) is 17.1 Å². The smallest absolute Gasteiger partial charge is 0.184 e. The lowest BCUT2D eigenvalue weighted by Gasteiger charge is -1.83. The summed E-state index contributed by atoms with van der Waals surface area (Å²) in [7, 11) is 0. The molecule has 0 saturated carbocycles. The monoisotopic (exact) mass is 205 g/mol. The van der Waals surface area contributed by atoms with Gasteiger partial charge >= 0.3 is 0 Å². The summed E-state index contributed by atoms with van der Waals surface area (Å²) in [6, 6.07) is 1.72. The Labute approximate surface area is 65.2 Å². The average Bonchev–Trinajstić information content (AvgIpc) is 2.37. The standard InChI is InChI=1S/C5H4BrNOS/c6-3-4(8)5-1-2-7-9-5/h1-2H,3H2. The van der Waals surface area contributed by atoms with Gasteiger partial charge in [-0.2, -0.15) is 0 Å². The first-order valence-corrected chi connectivity index (χ1v) is 4.24. The highest BCUT2D eigenvalue weighted by Gasteiger charge is 2.03. The number of halogens is 1. The molecular weight excluding hydrogens is 202 g/mol. The molecule has 0 N–H and O–H groups in total. The van der Waals surface area contributed by atoms with E-state index < -0.39 is 0 Å². The Kier molecular flexibility index (Phi) is 2.36. The number of aromatic nitrogens is 1. The second-order valence-electron chi connectivity index (χ2n) is 1.43. The molecule has 0 unspecified atom stereocenters. The zero-order valence-corrected chi connectivity index (χ0v) is 6.91. The van der Waals surface area contributed by atoms with E-state index in [1.165, 1.54) is 11.5 Å². The van der Waals surface area contributed by atoms with Crippen molar-refractivity contribution in [1.82, 2.24) is 4.37 Å². The molecule has 0 spiro atoms. The van der Waals surface area contributed by atoms with Gasteiger partial charge in [0.1, 0.15) is 0 Å². The Morgan fingerprint density at radius 2 is 2.67 bits per heavy atom. The summed E-state index contributed by atoms with van der Waals surface area (Å²) in [6.07, 6.45) is 1.63. The largest absolute Gasteiger partial charge is 0.292 e. The molecule has 0 aliphatic rings. The fourth-order valence-corrected chi connectivity index (χ4v) is 1.44. The van der Waals surface area contributed by atoms with Crippen molar-refractivity contribution in [3.63, 3.8) is 0 Å². The Balaban J connectivity index is 2.77. The third kappa shape index (κ3) is 1.59. The van der Waals surface area contributed by atoms with Crippen LogP contribution in [0.15, 0.2) is 12.3 Å². The van der Waals surface area contributed by atoms with Crippen LogP contribution >= 0.6 is 27.5 Å². The number of hydrogen-bond donors (Lipinski definition) is 0. The summed E-state index contributed by atoms with van der Waals surface area (Å²) in [5.74, 6) is 0.0949. The topological polar surface area (TPSA) is 30.0 Å². The number of nitrogens with zero attached hydrogens (tertiary/aromatic N) is 1. The summed E-state index contributed by atoms with van der Waals surface area (Å²) < 4.78 is 3.79. The molecule has 4 heteroatoms. The molecule has 0 bridgehead atoms. The summed E-state index contributed by atoms with van der Waals surface area (Å²) in [6.45, 7) is 0. The first-order valence-electron chi connectivity index (χ1n) is 2.34. The van der Waals surface area contributed by atoms with Crippen LogP contribution in [0.3, 0.4) is 0 Å². The van der Waals surface area contributed by atoms with E-state index >= 15 is 0 Å². The maximum absolute atomic E-state index is 10.8. The van der Waals surface area contributed by atoms with E-state index in [1.807, 2.05) is 0 Å². The van der Waals surface area contributed by atoms with Gasteiger partial charge in [-0.15, -0.1) is 0 Å². The average molecular weight is 206 g/mol. The number of carbonyl (C=O) groups excluding carboxylic acids is 1. The van der Waals surface area contributed by atoms with Gasteiger partial charge in [-0.1, -0.05) is 15.9 Å². The summed E-state index contributed by atoms with van der Waals surface area (Å²) in [4.78, 5) is 11.5. The zero-order chi connectivity index (χ0) is 6.69. The molecule has 0 aliphatic heterocycles. The molecule has 1 aromatic rings. The quantitative estimate of drug-likeness (QED) is 0.544. The van der Waals surface area contributed by atoms with Gasteiger partial charge in [0.05, 0.1) is 10.2 Å². The predicted octanol–water partition coefficient (Wildman–Crippen LogP) is 1.72. The van der Waals surface area contributed by atoms with Crippen molar-refractivity contribution >= 4 is 33.2 Å². The van der Waals surface area contributed by atoms with E-state index in [4.69, 9.17) is 0 Å². The highest BCUT2D eigenvalue weighted by atomic mass is 79.9. The van der Waals surface area contributed by atoms with E-state index in [2.05, 4.69) is 20.3 Å². The van der Waals surface area contributed by atoms with E-state index in [9.17, 15) is 4.79 Å². The third-order valence-electron chi connectivity index (χ3n) is 0.834. The summed E-state index contributed by atoms with van der Waals surface area (Å²) >= 11 is 4.29. The van der Waals surface area contributed by atoms with Crippen LogP contribution in [0.5, 0.6) is 0 Å². The van der Waals surface area contributed by atoms with Gasteiger partial charge in [0.25, 0.3) is 0 Å². The Bertz CT molecular complexity index is 197. The number of ketones is 1. The lowest BCUT2D eigenvalue weighted by atomic mass is 10.4. The van der Waals surface area contributed by atoms with Crippen LogP contribution in [-0.2, 0) is 0 Å². The number of Topliss-reactive ketones (excluding diaryl/α,β-unsaturated/α-hetero) is 1. The molecule has 0 aliphatic carbocycles. The molecular formula is C5H4BrNOS. The Morgan fingerprint density at radius 1 is 1.89 bits per heavy atom. The molecule has 1 aromatic heterocycles. The van der Waals surface area contributed by atoms with Crippen LogP contribution in [0.4, 0.5) is 0 Å². The van der Waals surface area contributed by atoms with Crippen molar-refractivity contribution in [2.24, 2.45) is 0 Å². The lowest BCUT2D eigenvalue weighted by Crippen LogP contribution is -1.94. The van der Waals surface area contributed by atoms with Gasteiger partial charge in [0.2, 0.25) is 0 Å². The number of alkyl halides is 1. The maximum atomic E-state index is 10.8. The van der Waals surface area contributed by atoms with Crippen molar-refractivity contribution in [2.45, 2.75) is 0 Å². The van der Waals surface area contributed by atoms with E-state index in [0.29, 0.717) is 10.2 Å². The highest BCUT2D eigenvalue weighted by molar-refractivity contribution is 9.09. The molecule has 0 saturated heterocycles. The molecule has 9 heavy (non-hydrogen) atoms. The molecule has 2 nitrogen and oxygen atoms in total. The number of rotatable bonds is 2. The van der Waals surface area contributed by atoms with E-state index in [1.54, 1.807) is 12.3 Å². The third-order valence-corrected chi connectivity index (χ3v) is 2.13. The molecule has 0 radical (unpaired) electrons. The highest BCUT2D eigenvalue weighted by Crippen LogP contribution is 2.06. The van der Waals surface area contributed by atoms with Gasteiger partial charge in [0, 0.05) is 6.20 Å². The number of hydrogen-bond acceptors (Lipinski definition) is 3. The minimum Gasteiger partial charge on any atom is -0.292 e. The van der Waals surface area contributed by atoms with Crippen LogP contribution in [0.25, 0.3) is 0 Å². The van der Waals surface area contributed by atoms with Gasteiger partial charge < -0.3 is 0 Å². The first-order chi connectivity index (χ1) is 4.34. The van der Waals surface area contributed by atoms with Crippen LogP contribution in [0, 0.1) is 0 Å². The van der Waals surface area contributed by atoms with Crippen LogP contribution in [0.2, 0.25) is 0 Å². The zero-order valence-electron chi connectivity index (χ0n) is 4.50. The first kappa shape index (κ1) is 6.89. The van der Waals surface area contributed by atoms with Gasteiger partial charge in [-0.25, -0.2) is 4.37 Å². The molecule has 0 fully saturated rings. The molecule has 1 rings (SSSR count). The normalized spacial score (nSPS) is 9.44. The fourth-order valence-electron chi connectivity index (χ4n) is 0.425. The second-order valence-corrected chi connectivity index (χ2v) is 2.83.